The molecule has 9 heteroatoms. The zero-order valence-electron chi connectivity index (χ0n) is 17.0. The number of esters is 1. The zero-order chi connectivity index (χ0) is 23.3. The van der Waals surface area contributed by atoms with Gasteiger partial charge in [-0.05, 0) is 55.5 Å². The lowest BCUT2D eigenvalue weighted by Crippen LogP contribution is -2.30. The second-order valence-corrected chi connectivity index (χ2v) is 8.52. The Kier molecular flexibility index (Phi) is 6.99. The number of para-hydroxylation sites is 1. The number of carbonyl (C=O) groups excluding carboxylic acids is 2. The highest BCUT2D eigenvalue weighted by Crippen LogP contribution is 2.24. The molecule has 0 saturated heterocycles. The summed E-state index contributed by atoms with van der Waals surface area (Å²) in [4.78, 5) is 24.3. The van der Waals surface area contributed by atoms with E-state index >= 15 is 0 Å². The van der Waals surface area contributed by atoms with Crippen molar-refractivity contribution < 1.29 is 31.5 Å². The van der Waals surface area contributed by atoms with Crippen molar-refractivity contribution in [2.24, 2.45) is 0 Å². The van der Waals surface area contributed by atoms with Gasteiger partial charge in [0, 0.05) is 12.1 Å². The average Bonchev–Trinajstić information content (AvgIpc) is 2.80. The summed E-state index contributed by atoms with van der Waals surface area (Å²) in [6, 6.07) is 16.3. The molecule has 32 heavy (non-hydrogen) atoms. The molecular formula is C23H19F2NO5S. The first kappa shape index (κ1) is 23.1. The maximum atomic E-state index is 13.3. The molecule has 0 fully saturated rings. The first-order valence-electron chi connectivity index (χ1n) is 9.57. The molecule has 0 spiro atoms. The van der Waals surface area contributed by atoms with Gasteiger partial charge in [0.25, 0.3) is 10.0 Å². The quantitative estimate of drug-likeness (QED) is 0.372. The Bertz CT molecular complexity index is 1250. The van der Waals surface area contributed by atoms with E-state index in [1.54, 1.807) is 37.3 Å². The van der Waals surface area contributed by atoms with Crippen LogP contribution in [0.25, 0.3) is 0 Å². The number of sulfonamides is 1. The summed E-state index contributed by atoms with van der Waals surface area (Å²) in [5.74, 6) is -3.96. The molecule has 0 unspecified atom stereocenters. The molecule has 3 rings (SSSR count). The van der Waals surface area contributed by atoms with E-state index in [0.29, 0.717) is 11.8 Å². The second-order valence-electron chi connectivity index (χ2n) is 6.66. The Morgan fingerprint density at radius 1 is 0.875 bits per heavy atom. The Balaban J connectivity index is 1.76. The van der Waals surface area contributed by atoms with Crippen LogP contribution in [0.1, 0.15) is 27.6 Å². The van der Waals surface area contributed by atoms with Gasteiger partial charge in [-0.25, -0.2) is 22.0 Å². The van der Waals surface area contributed by atoms with Crippen LogP contribution < -0.4 is 4.31 Å². The van der Waals surface area contributed by atoms with Crippen molar-refractivity contribution >= 4 is 27.5 Å². The van der Waals surface area contributed by atoms with Gasteiger partial charge < -0.3 is 4.74 Å². The van der Waals surface area contributed by atoms with Gasteiger partial charge in [-0.2, -0.15) is 0 Å². The lowest BCUT2D eigenvalue weighted by molar-refractivity contribution is 0.0474. The summed E-state index contributed by atoms with van der Waals surface area (Å²) >= 11 is 0. The Morgan fingerprint density at radius 3 is 2.25 bits per heavy atom. The highest BCUT2D eigenvalue weighted by molar-refractivity contribution is 7.92. The normalized spacial score (nSPS) is 11.1. The molecule has 0 aromatic heterocycles. The molecule has 166 valence electrons. The van der Waals surface area contributed by atoms with Crippen LogP contribution in [0.3, 0.4) is 0 Å². The van der Waals surface area contributed by atoms with Crippen LogP contribution >= 0.6 is 0 Å². The first-order valence-corrected chi connectivity index (χ1v) is 11.0. The number of hydrogen-bond acceptors (Lipinski definition) is 5. The Hall–Kier alpha value is -3.59. The summed E-state index contributed by atoms with van der Waals surface area (Å²) < 4.78 is 58.6. The number of hydrogen-bond donors (Lipinski definition) is 0. The molecule has 0 bridgehead atoms. The van der Waals surface area contributed by atoms with Gasteiger partial charge >= 0.3 is 5.97 Å². The SMILES string of the molecule is CCN(c1ccccc1)S(=O)(=O)c1cccc(C(=O)OCC(=O)c2ccc(F)c(F)c2)c1. The Morgan fingerprint density at radius 2 is 1.59 bits per heavy atom. The van der Waals surface area contributed by atoms with E-state index < -0.39 is 40.0 Å². The number of rotatable bonds is 8. The number of Topliss-reactive ketones (excluding diaryl/α,β-unsaturated/α-hetero) is 1. The lowest BCUT2D eigenvalue weighted by atomic mass is 10.1. The minimum absolute atomic E-state index is 0.0757. The summed E-state index contributed by atoms with van der Waals surface area (Å²) in [6.45, 7) is 1.14. The van der Waals surface area contributed by atoms with Crippen LogP contribution in [0.4, 0.5) is 14.5 Å². The number of halogens is 2. The van der Waals surface area contributed by atoms with Gasteiger partial charge in [-0.1, -0.05) is 24.3 Å². The van der Waals surface area contributed by atoms with Gasteiger partial charge in [0.15, 0.2) is 24.0 Å². The van der Waals surface area contributed by atoms with Crippen LogP contribution in [0.15, 0.2) is 77.7 Å². The lowest BCUT2D eigenvalue weighted by Gasteiger charge is -2.23. The van der Waals surface area contributed by atoms with Crippen LogP contribution in [-0.2, 0) is 14.8 Å². The van der Waals surface area contributed by atoms with E-state index in [1.807, 2.05) is 0 Å². The number of carbonyl (C=O) groups is 2. The van der Waals surface area contributed by atoms with Crippen LogP contribution in [-0.4, -0.2) is 33.3 Å². The Labute approximate surface area is 184 Å². The predicted molar refractivity (Wildman–Crippen MR) is 114 cm³/mol. The minimum atomic E-state index is -3.96. The van der Waals surface area contributed by atoms with Crippen molar-refractivity contribution in [3.8, 4) is 0 Å². The molecule has 0 N–H and O–H groups in total. The van der Waals surface area contributed by atoms with Crippen LogP contribution in [0.2, 0.25) is 0 Å². The molecule has 0 radical (unpaired) electrons. The standard InChI is InChI=1S/C23H19F2NO5S/c1-2-26(18-8-4-3-5-9-18)32(29,30)19-10-6-7-17(13-19)23(28)31-15-22(27)16-11-12-20(24)21(25)14-16/h3-14H,2,15H2,1H3. The van der Waals surface area contributed by atoms with Gasteiger partial charge in [-0.15, -0.1) is 0 Å². The maximum Gasteiger partial charge on any atom is 0.338 e. The second kappa shape index (κ2) is 9.69. The number of nitrogens with zero attached hydrogens (tertiary/aromatic N) is 1. The van der Waals surface area contributed by atoms with Crippen molar-refractivity contribution in [2.75, 3.05) is 17.5 Å². The van der Waals surface area contributed by atoms with E-state index in [1.165, 1.54) is 22.5 Å². The molecule has 0 aliphatic carbocycles. The fourth-order valence-electron chi connectivity index (χ4n) is 2.96. The fourth-order valence-corrected chi connectivity index (χ4v) is 4.48. The molecule has 6 nitrogen and oxygen atoms in total. The zero-order valence-corrected chi connectivity index (χ0v) is 17.8. The van der Waals surface area contributed by atoms with Crippen molar-refractivity contribution in [3.05, 3.63) is 95.6 Å². The molecule has 0 amide bonds. The summed E-state index contributed by atoms with van der Waals surface area (Å²) in [7, 11) is -3.96. The number of ketones is 1. The molecule has 3 aromatic rings. The highest BCUT2D eigenvalue weighted by Gasteiger charge is 2.25. The highest BCUT2D eigenvalue weighted by atomic mass is 32.2. The fraction of sp³-hybridized carbons (Fsp3) is 0.130. The molecule has 0 aliphatic rings. The van der Waals surface area contributed by atoms with Gasteiger partial charge in [0.2, 0.25) is 0 Å². The molecule has 0 saturated carbocycles. The van der Waals surface area contributed by atoms with E-state index in [-0.39, 0.29) is 22.6 Å². The van der Waals surface area contributed by atoms with Gasteiger partial charge in [0.1, 0.15) is 0 Å². The topological polar surface area (TPSA) is 80.8 Å². The van der Waals surface area contributed by atoms with Crippen molar-refractivity contribution in [3.63, 3.8) is 0 Å². The summed E-state index contributed by atoms with van der Waals surface area (Å²) in [6.07, 6.45) is 0. The third-order valence-electron chi connectivity index (χ3n) is 4.57. The monoisotopic (exact) mass is 459 g/mol. The third-order valence-corrected chi connectivity index (χ3v) is 6.46. The van der Waals surface area contributed by atoms with Gasteiger partial charge in [-0.3, -0.25) is 9.10 Å². The maximum absolute atomic E-state index is 13.3. The minimum Gasteiger partial charge on any atom is -0.454 e. The van der Waals surface area contributed by atoms with Crippen molar-refractivity contribution in [1.29, 1.82) is 0 Å². The molecule has 3 aromatic carbocycles. The largest absolute Gasteiger partial charge is 0.454 e. The number of ether oxygens (including phenoxy) is 1. The van der Waals surface area contributed by atoms with Crippen LogP contribution in [0, 0.1) is 11.6 Å². The molecule has 0 atom stereocenters. The first-order chi connectivity index (χ1) is 15.2. The number of anilines is 1. The summed E-state index contributed by atoms with van der Waals surface area (Å²) in [5.41, 5.74) is 0.239. The smallest absolute Gasteiger partial charge is 0.338 e. The van der Waals surface area contributed by atoms with Crippen LogP contribution in [0.5, 0.6) is 0 Å². The average molecular weight is 459 g/mol. The molecule has 0 heterocycles. The molecular weight excluding hydrogens is 440 g/mol. The summed E-state index contributed by atoms with van der Waals surface area (Å²) in [5, 5.41) is 0. The molecule has 0 aliphatic heterocycles. The van der Waals surface area contributed by atoms with Crippen molar-refractivity contribution in [2.45, 2.75) is 11.8 Å². The van der Waals surface area contributed by atoms with E-state index in [4.69, 9.17) is 4.74 Å². The number of benzene rings is 3. The van der Waals surface area contributed by atoms with E-state index in [2.05, 4.69) is 0 Å². The van der Waals surface area contributed by atoms with Crippen molar-refractivity contribution in [1.82, 2.24) is 0 Å². The third kappa shape index (κ3) is 5.00. The van der Waals surface area contributed by atoms with Gasteiger partial charge in [0.05, 0.1) is 16.1 Å². The van der Waals surface area contributed by atoms with E-state index in [0.717, 1.165) is 18.2 Å². The predicted octanol–water partition coefficient (Wildman–Crippen LogP) is 4.22. The van der Waals surface area contributed by atoms with E-state index in [9.17, 15) is 26.8 Å².